The molecule has 0 spiro atoms. The molecule has 0 radical (unpaired) electrons. The normalized spacial score (nSPS) is 27.8. The molecule has 1 atom stereocenters. The highest BCUT2D eigenvalue weighted by Crippen LogP contribution is 2.26. The lowest BCUT2D eigenvalue weighted by Gasteiger charge is -2.39. The first-order valence-corrected chi connectivity index (χ1v) is 8.40. The van der Waals surface area contributed by atoms with Crippen molar-refractivity contribution in [3.05, 3.63) is 0 Å². The fourth-order valence-electron chi connectivity index (χ4n) is 2.89. The van der Waals surface area contributed by atoms with Gasteiger partial charge in [-0.05, 0) is 12.8 Å². The minimum atomic E-state index is -3.50. The summed E-state index contributed by atoms with van der Waals surface area (Å²) in [6.07, 6.45) is 5.25. The minimum absolute atomic E-state index is 0.0981. The number of ether oxygens (including phenoxy) is 1. The first-order valence-electron chi connectivity index (χ1n) is 7.00. The Labute approximate surface area is 115 Å². The lowest BCUT2D eigenvalue weighted by molar-refractivity contribution is 0.00777. The molecule has 6 nitrogen and oxygen atoms in total. The van der Waals surface area contributed by atoms with E-state index in [0.29, 0.717) is 13.2 Å². The van der Waals surface area contributed by atoms with Crippen molar-refractivity contribution in [3.63, 3.8) is 0 Å². The van der Waals surface area contributed by atoms with Gasteiger partial charge in [0.15, 0.2) is 0 Å². The molecule has 112 valence electrons. The minimum Gasteiger partial charge on any atom is -0.395 e. The summed E-state index contributed by atoms with van der Waals surface area (Å²) in [6, 6.07) is -0.356. The molecule has 0 aromatic carbocycles. The van der Waals surface area contributed by atoms with E-state index in [2.05, 4.69) is 0 Å². The maximum absolute atomic E-state index is 12.6. The number of rotatable bonds is 4. The molecule has 1 saturated heterocycles. The number of hydrogen-bond donors (Lipinski definition) is 1. The molecular formula is C12H24N2O4S. The van der Waals surface area contributed by atoms with Gasteiger partial charge in [0.05, 0.1) is 25.9 Å². The molecule has 1 N–H and O–H groups in total. The molecule has 2 fully saturated rings. The molecule has 2 aliphatic rings. The van der Waals surface area contributed by atoms with Crippen LogP contribution < -0.4 is 0 Å². The monoisotopic (exact) mass is 292 g/mol. The van der Waals surface area contributed by atoms with Gasteiger partial charge in [-0.2, -0.15) is 17.0 Å². The van der Waals surface area contributed by atoms with Crippen LogP contribution in [-0.2, 0) is 14.9 Å². The van der Waals surface area contributed by atoms with E-state index in [4.69, 9.17) is 4.74 Å². The summed E-state index contributed by atoms with van der Waals surface area (Å²) in [5.74, 6) is 0. The van der Waals surface area contributed by atoms with Crippen LogP contribution in [0, 0.1) is 0 Å². The summed E-state index contributed by atoms with van der Waals surface area (Å²) in [7, 11) is -1.83. The predicted octanol–water partition coefficient (Wildman–Crippen LogP) is 0.189. The van der Waals surface area contributed by atoms with Crippen LogP contribution in [0.25, 0.3) is 0 Å². The van der Waals surface area contributed by atoms with Gasteiger partial charge in [0, 0.05) is 19.6 Å². The Bertz CT molecular complexity index is 381. The zero-order chi connectivity index (χ0) is 13.9. The van der Waals surface area contributed by atoms with E-state index in [0.717, 1.165) is 25.7 Å². The molecule has 1 unspecified atom stereocenters. The molecule has 0 bridgehead atoms. The molecule has 1 aliphatic heterocycles. The molecule has 19 heavy (non-hydrogen) atoms. The van der Waals surface area contributed by atoms with Gasteiger partial charge in [-0.3, -0.25) is 0 Å². The van der Waals surface area contributed by atoms with Crippen LogP contribution in [0.4, 0.5) is 0 Å². The molecule has 1 aliphatic carbocycles. The van der Waals surface area contributed by atoms with Crippen LogP contribution >= 0.6 is 0 Å². The van der Waals surface area contributed by atoms with Crippen molar-refractivity contribution in [1.29, 1.82) is 0 Å². The predicted molar refractivity (Wildman–Crippen MR) is 72.0 cm³/mol. The fraction of sp³-hybridized carbons (Fsp3) is 1.00. The molecule has 0 aromatic heterocycles. The third-order valence-corrected chi connectivity index (χ3v) is 6.23. The number of morpholine rings is 1. The van der Waals surface area contributed by atoms with Crippen molar-refractivity contribution < 1.29 is 18.3 Å². The Balaban J connectivity index is 2.10. The molecule has 1 saturated carbocycles. The summed E-state index contributed by atoms with van der Waals surface area (Å²) in [5.41, 5.74) is 0. The number of hydrogen-bond acceptors (Lipinski definition) is 4. The highest BCUT2D eigenvalue weighted by molar-refractivity contribution is 7.86. The van der Waals surface area contributed by atoms with Crippen molar-refractivity contribution in [2.24, 2.45) is 0 Å². The topological polar surface area (TPSA) is 70.1 Å². The Morgan fingerprint density at radius 2 is 2.00 bits per heavy atom. The van der Waals surface area contributed by atoms with Crippen LogP contribution in [0.2, 0.25) is 0 Å². The summed E-state index contributed by atoms with van der Waals surface area (Å²) in [6.45, 7) is 0.796. The second-order valence-electron chi connectivity index (χ2n) is 5.34. The van der Waals surface area contributed by atoms with E-state index in [1.165, 1.54) is 15.0 Å². The summed E-state index contributed by atoms with van der Waals surface area (Å²) in [5, 5.41) is 9.31. The maximum Gasteiger partial charge on any atom is 0.282 e. The van der Waals surface area contributed by atoms with E-state index in [9.17, 15) is 13.5 Å². The SMILES string of the molecule is CN(C1CCCCC1)S(=O)(=O)N1CCOCC1CO. The second-order valence-corrected chi connectivity index (χ2v) is 7.28. The lowest BCUT2D eigenvalue weighted by atomic mass is 9.96. The van der Waals surface area contributed by atoms with E-state index in [1.807, 2.05) is 0 Å². The van der Waals surface area contributed by atoms with Crippen LogP contribution in [0.15, 0.2) is 0 Å². The third kappa shape index (κ3) is 3.28. The highest BCUT2D eigenvalue weighted by Gasteiger charge is 2.38. The molecule has 1 heterocycles. The largest absolute Gasteiger partial charge is 0.395 e. The standard InChI is InChI=1S/C12H24N2O4S/c1-13(11-5-3-2-4-6-11)19(16,17)14-7-8-18-10-12(14)9-15/h11-12,15H,2-10H2,1H3. The van der Waals surface area contributed by atoms with Crippen LogP contribution in [0.3, 0.4) is 0 Å². The number of nitrogens with zero attached hydrogens (tertiary/aromatic N) is 2. The van der Waals surface area contributed by atoms with Gasteiger partial charge in [0.2, 0.25) is 0 Å². The average Bonchev–Trinajstić information content (AvgIpc) is 2.47. The third-order valence-electron chi connectivity index (χ3n) is 4.13. The van der Waals surface area contributed by atoms with Gasteiger partial charge < -0.3 is 9.84 Å². The summed E-state index contributed by atoms with van der Waals surface area (Å²) >= 11 is 0. The van der Waals surface area contributed by atoms with E-state index >= 15 is 0 Å². The molecule has 0 aromatic rings. The van der Waals surface area contributed by atoms with E-state index < -0.39 is 16.3 Å². The average molecular weight is 292 g/mol. The molecular weight excluding hydrogens is 268 g/mol. The Morgan fingerprint density at radius 1 is 1.32 bits per heavy atom. The Kier molecular flexibility index (Phi) is 5.19. The van der Waals surface area contributed by atoms with Gasteiger partial charge in [-0.15, -0.1) is 0 Å². The molecule has 0 amide bonds. The maximum atomic E-state index is 12.6. The second kappa shape index (κ2) is 6.49. The smallest absolute Gasteiger partial charge is 0.282 e. The van der Waals surface area contributed by atoms with Crippen molar-refractivity contribution >= 4 is 10.2 Å². The lowest BCUT2D eigenvalue weighted by Crippen LogP contribution is -2.56. The number of aliphatic hydroxyl groups is 1. The zero-order valence-corrected chi connectivity index (χ0v) is 12.3. The van der Waals surface area contributed by atoms with Gasteiger partial charge in [-0.25, -0.2) is 0 Å². The molecule has 7 heteroatoms. The van der Waals surface area contributed by atoms with Gasteiger partial charge in [0.25, 0.3) is 10.2 Å². The Morgan fingerprint density at radius 3 is 2.63 bits per heavy atom. The Hall–Kier alpha value is -0.210. The van der Waals surface area contributed by atoms with E-state index in [-0.39, 0.29) is 19.3 Å². The summed E-state index contributed by atoms with van der Waals surface area (Å²) < 4.78 is 33.4. The van der Waals surface area contributed by atoms with Gasteiger partial charge in [-0.1, -0.05) is 19.3 Å². The van der Waals surface area contributed by atoms with Crippen LogP contribution in [0.5, 0.6) is 0 Å². The summed E-state index contributed by atoms with van der Waals surface area (Å²) in [4.78, 5) is 0. The highest BCUT2D eigenvalue weighted by atomic mass is 32.2. The van der Waals surface area contributed by atoms with Crippen LogP contribution in [0.1, 0.15) is 32.1 Å². The van der Waals surface area contributed by atoms with Crippen LogP contribution in [-0.4, -0.2) is 67.6 Å². The quantitative estimate of drug-likeness (QED) is 0.803. The van der Waals surface area contributed by atoms with Crippen molar-refractivity contribution in [3.8, 4) is 0 Å². The first kappa shape index (κ1) is 15.2. The van der Waals surface area contributed by atoms with Crippen molar-refractivity contribution in [1.82, 2.24) is 8.61 Å². The van der Waals surface area contributed by atoms with Crippen molar-refractivity contribution in [2.45, 2.75) is 44.2 Å². The van der Waals surface area contributed by atoms with Gasteiger partial charge >= 0.3 is 0 Å². The fourth-order valence-corrected chi connectivity index (χ4v) is 4.61. The molecule has 2 rings (SSSR count). The van der Waals surface area contributed by atoms with Gasteiger partial charge in [0.1, 0.15) is 0 Å². The van der Waals surface area contributed by atoms with E-state index in [1.54, 1.807) is 7.05 Å². The first-order chi connectivity index (χ1) is 9.07. The number of aliphatic hydroxyl groups excluding tert-OH is 1. The van der Waals surface area contributed by atoms with Crippen molar-refractivity contribution in [2.75, 3.05) is 33.4 Å². The zero-order valence-electron chi connectivity index (χ0n) is 11.5.